The smallest absolute Gasteiger partial charge is 0.0716 e. The van der Waals surface area contributed by atoms with Crippen LogP contribution in [0.25, 0.3) is 88.9 Å². The predicted molar refractivity (Wildman–Crippen MR) is 220 cm³/mol. The van der Waals surface area contributed by atoms with E-state index in [9.17, 15) is 0 Å². The number of nitrogens with zero attached hydrogens (tertiary/aromatic N) is 1. The molecule has 0 N–H and O–H groups in total. The van der Waals surface area contributed by atoms with Gasteiger partial charge in [0.15, 0.2) is 0 Å². The van der Waals surface area contributed by atoms with E-state index in [1.807, 2.05) is 0 Å². The average Bonchev–Trinajstić information content (AvgIpc) is 3.24. The Kier molecular flexibility index (Phi) is 8.29. The van der Waals surface area contributed by atoms with Gasteiger partial charge in [0.1, 0.15) is 0 Å². The molecule has 0 bridgehead atoms. The van der Waals surface area contributed by atoms with Gasteiger partial charge in [-0.25, -0.2) is 4.98 Å². The van der Waals surface area contributed by atoms with Gasteiger partial charge in [-0.1, -0.05) is 170 Å². The van der Waals surface area contributed by atoms with Crippen LogP contribution in [0.3, 0.4) is 0 Å². The lowest BCUT2D eigenvalue weighted by atomic mass is 9.92. The van der Waals surface area contributed by atoms with E-state index in [1.165, 1.54) is 61.2 Å². The number of benzene rings is 8. The van der Waals surface area contributed by atoms with Crippen molar-refractivity contribution in [2.45, 2.75) is 0 Å². The van der Waals surface area contributed by atoms with Crippen LogP contribution in [-0.4, -0.2) is 4.98 Å². The third kappa shape index (κ3) is 6.33. The van der Waals surface area contributed by atoms with Crippen molar-refractivity contribution in [2.24, 2.45) is 0 Å². The van der Waals surface area contributed by atoms with Gasteiger partial charge >= 0.3 is 0 Å². The van der Waals surface area contributed by atoms with Gasteiger partial charge in [0, 0.05) is 10.9 Å². The van der Waals surface area contributed by atoms with Gasteiger partial charge in [-0.05, 0) is 109 Å². The molecule has 244 valence electrons. The maximum absolute atomic E-state index is 5.17. The van der Waals surface area contributed by atoms with Crippen LogP contribution in [0.2, 0.25) is 0 Å². The summed E-state index contributed by atoms with van der Waals surface area (Å²) in [6, 6.07) is 76.0. The Hall–Kier alpha value is -6.83. The molecule has 0 radical (unpaired) electrons. The van der Waals surface area contributed by atoms with Crippen molar-refractivity contribution >= 4 is 10.9 Å². The van der Waals surface area contributed by atoms with Gasteiger partial charge in [0.05, 0.1) is 11.2 Å². The summed E-state index contributed by atoms with van der Waals surface area (Å²) in [6.07, 6.45) is 0. The van der Waals surface area contributed by atoms with Gasteiger partial charge in [-0.2, -0.15) is 0 Å². The number of aromatic nitrogens is 1. The molecule has 0 spiro atoms. The first kappa shape index (κ1) is 31.2. The molecule has 1 heteroatoms. The quantitative estimate of drug-likeness (QED) is 0.166. The topological polar surface area (TPSA) is 12.9 Å². The van der Waals surface area contributed by atoms with E-state index in [0.29, 0.717) is 0 Å². The number of pyridine rings is 1. The first-order valence-electron chi connectivity index (χ1n) is 17.8. The Morgan fingerprint density at radius 1 is 0.231 bits per heavy atom. The fourth-order valence-corrected chi connectivity index (χ4v) is 7.16. The number of fused-ring (bicyclic) bond motifs is 1. The average molecular weight is 662 g/mol. The molecule has 0 saturated carbocycles. The molecule has 9 rings (SSSR count). The monoisotopic (exact) mass is 661 g/mol. The SMILES string of the molecule is c1ccc(-c2ccc(-c3cc(-c4cccc(-c5cccc(-c6cc(-c7ccccc7)cc(-c7ccccc7)c6)c5)c4)nc4ccccc34)cc2)cc1. The summed E-state index contributed by atoms with van der Waals surface area (Å²) in [5, 5.41) is 1.15. The normalized spacial score (nSPS) is 11.1. The largest absolute Gasteiger partial charge is 0.248 e. The second-order valence-electron chi connectivity index (χ2n) is 13.2. The van der Waals surface area contributed by atoms with E-state index in [2.05, 4.69) is 212 Å². The van der Waals surface area contributed by atoms with Crippen molar-refractivity contribution in [3.63, 3.8) is 0 Å². The second-order valence-corrected chi connectivity index (χ2v) is 13.2. The first-order valence-corrected chi connectivity index (χ1v) is 17.8. The molecular weight excluding hydrogens is 627 g/mol. The highest BCUT2D eigenvalue weighted by molar-refractivity contribution is 5.97. The molecule has 0 aliphatic heterocycles. The molecule has 0 aliphatic carbocycles. The maximum atomic E-state index is 5.17. The van der Waals surface area contributed by atoms with Crippen LogP contribution in [0.15, 0.2) is 212 Å². The molecule has 52 heavy (non-hydrogen) atoms. The zero-order chi connectivity index (χ0) is 34.7. The Morgan fingerprint density at radius 3 is 1.17 bits per heavy atom. The van der Waals surface area contributed by atoms with Gasteiger partial charge in [0.25, 0.3) is 0 Å². The van der Waals surface area contributed by atoms with Crippen LogP contribution in [0.4, 0.5) is 0 Å². The summed E-state index contributed by atoms with van der Waals surface area (Å²) in [7, 11) is 0. The maximum Gasteiger partial charge on any atom is 0.0716 e. The van der Waals surface area contributed by atoms with Crippen LogP contribution in [0.1, 0.15) is 0 Å². The lowest BCUT2D eigenvalue weighted by Crippen LogP contribution is -1.91. The minimum absolute atomic E-state index is 0.960. The zero-order valence-corrected chi connectivity index (χ0v) is 28.7. The van der Waals surface area contributed by atoms with Crippen molar-refractivity contribution in [3.8, 4) is 78.0 Å². The summed E-state index contributed by atoms with van der Waals surface area (Å²) >= 11 is 0. The summed E-state index contributed by atoms with van der Waals surface area (Å²) in [5.74, 6) is 0. The van der Waals surface area contributed by atoms with Crippen LogP contribution >= 0.6 is 0 Å². The summed E-state index contributed by atoms with van der Waals surface area (Å²) in [4.78, 5) is 5.17. The summed E-state index contributed by atoms with van der Waals surface area (Å²) < 4.78 is 0. The second kappa shape index (κ2) is 13.8. The molecule has 0 aliphatic rings. The molecule has 0 fully saturated rings. The Morgan fingerprint density at radius 2 is 0.596 bits per heavy atom. The van der Waals surface area contributed by atoms with Crippen molar-refractivity contribution in [2.75, 3.05) is 0 Å². The van der Waals surface area contributed by atoms with Crippen LogP contribution < -0.4 is 0 Å². The highest BCUT2D eigenvalue weighted by Crippen LogP contribution is 2.37. The van der Waals surface area contributed by atoms with Gasteiger partial charge in [-0.15, -0.1) is 0 Å². The standard InChI is InChI=1S/C51H35N/c1-4-14-36(15-5-1)39-26-28-40(29-27-39)49-35-51(52-50-25-11-10-24-48(49)50)44-23-13-21-42(31-44)41-20-12-22-43(30-41)47-33-45(37-16-6-2-7-17-37)32-46(34-47)38-18-8-3-9-19-38/h1-35H. The highest BCUT2D eigenvalue weighted by Gasteiger charge is 2.13. The lowest BCUT2D eigenvalue weighted by molar-refractivity contribution is 1.40. The van der Waals surface area contributed by atoms with Crippen LogP contribution in [0.5, 0.6) is 0 Å². The van der Waals surface area contributed by atoms with Crippen LogP contribution in [-0.2, 0) is 0 Å². The van der Waals surface area contributed by atoms with E-state index in [4.69, 9.17) is 4.98 Å². The van der Waals surface area contributed by atoms with E-state index in [-0.39, 0.29) is 0 Å². The minimum Gasteiger partial charge on any atom is -0.248 e. The Bertz CT molecular complexity index is 2580. The third-order valence-corrected chi connectivity index (χ3v) is 9.85. The predicted octanol–water partition coefficient (Wildman–Crippen LogP) is 13.9. The molecule has 1 nitrogen and oxygen atoms in total. The molecule has 0 unspecified atom stereocenters. The Labute approximate surface area is 305 Å². The summed E-state index contributed by atoms with van der Waals surface area (Å²) in [5.41, 5.74) is 17.4. The lowest BCUT2D eigenvalue weighted by Gasteiger charge is -2.13. The molecule has 1 heterocycles. The minimum atomic E-state index is 0.960. The van der Waals surface area contributed by atoms with Crippen molar-refractivity contribution in [1.82, 2.24) is 4.98 Å². The van der Waals surface area contributed by atoms with Gasteiger partial charge < -0.3 is 0 Å². The van der Waals surface area contributed by atoms with Crippen molar-refractivity contribution in [3.05, 3.63) is 212 Å². The molecular formula is C51H35N. The molecule has 0 amide bonds. The summed E-state index contributed by atoms with van der Waals surface area (Å²) in [6.45, 7) is 0. The Balaban J connectivity index is 1.10. The first-order chi connectivity index (χ1) is 25.7. The van der Waals surface area contributed by atoms with Gasteiger partial charge in [0.2, 0.25) is 0 Å². The van der Waals surface area contributed by atoms with E-state index >= 15 is 0 Å². The number of hydrogen-bond acceptors (Lipinski definition) is 1. The van der Waals surface area contributed by atoms with Crippen molar-refractivity contribution < 1.29 is 0 Å². The fraction of sp³-hybridized carbons (Fsp3) is 0. The number of para-hydroxylation sites is 1. The van der Waals surface area contributed by atoms with Crippen LogP contribution in [0, 0.1) is 0 Å². The molecule has 0 atom stereocenters. The molecule has 1 aromatic heterocycles. The van der Waals surface area contributed by atoms with E-state index < -0.39 is 0 Å². The van der Waals surface area contributed by atoms with Gasteiger partial charge in [-0.3, -0.25) is 0 Å². The molecule has 9 aromatic rings. The number of rotatable bonds is 7. The highest BCUT2D eigenvalue weighted by atomic mass is 14.7. The molecule has 0 saturated heterocycles. The third-order valence-electron chi connectivity index (χ3n) is 9.85. The van der Waals surface area contributed by atoms with Crippen molar-refractivity contribution in [1.29, 1.82) is 0 Å². The fourth-order valence-electron chi connectivity index (χ4n) is 7.16. The molecule has 8 aromatic carbocycles. The van der Waals surface area contributed by atoms with E-state index in [0.717, 1.165) is 27.7 Å². The number of hydrogen-bond donors (Lipinski definition) is 0. The van der Waals surface area contributed by atoms with E-state index in [1.54, 1.807) is 0 Å². The zero-order valence-electron chi connectivity index (χ0n) is 28.7.